The molecule has 1 aromatic heterocycles. The van der Waals surface area contributed by atoms with Gasteiger partial charge in [0.1, 0.15) is 5.75 Å². The Kier molecular flexibility index (Phi) is 4.88. The van der Waals surface area contributed by atoms with E-state index in [-0.39, 0.29) is 0 Å². The van der Waals surface area contributed by atoms with Crippen molar-refractivity contribution in [3.05, 3.63) is 53.6 Å². The van der Waals surface area contributed by atoms with Crippen LogP contribution in [0, 0.1) is 0 Å². The Morgan fingerprint density at radius 1 is 1.09 bits per heavy atom. The summed E-state index contributed by atoms with van der Waals surface area (Å²) in [6.45, 7) is 2.09. The second-order valence-corrected chi connectivity index (χ2v) is 6.42. The van der Waals surface area contributed by atoms with Crippen LogP contribution in [-0.2, 0) is 0 Å². The smallest absolute Gasteiger partial charge is 0.196 e. The Morgan fingerprint density at radius 3 is 2.52 bits per heavy atom. The molecule has 0 amide bonds. The number of hydrogen-bond donors (Lipinski definition) is 0. The number of nitrogens with zero attached hydrogens (tertiary/aromatic N) is 3. The van der Waals surface area contributed by atoms with Crippen LogP contribution in [0.3, 0.4) is 0 Å². The zero-order valence-electron chi connectivity index (χ0n) is 12.9. The third-order valence-electron chi connectivity index (χ3n) is 3.34. The van der Waals surface area contributed by atoms with Crippen molar-refractivity contribution in [1.82, 2.24) is 14.8 Å². The summed E-state index contributed by atoms with van der Waals surface area (Å²) in [6.07, 6.45) is 0. The third kappa shape index (κ3) is 3.21. The van der Waals surface area contributed by atoms with Gasteiger partial charge in [0.25, 0.3) is 0 Å². The fourth-order valence-corrected chi connectivity index (χ4v) is 3.12. The van der Waals surface area contributed by atoms with Gasteiger partial charge in [0.2, 0.25) is 0 Å². The number of para-hydroxylation sites is 1. The highest BCUT2D eigenvalue weighted by Crippen LogP contribution is 2.33. The molecule has 0 unspecified atom stereocenters. The van der Waals surface area contributed by atoms with Crippen LogP contribution in [0.25, 0.3) is 17.1 Å². The van der Waals surface area contributed by atoms with Gasteiger partial charge in [-0.2, -0.15) is 0 Å². The number of benzene rings is 2. The van der Waals surface area contributed by atoms with E-state index in [1.807, 2.05) is 53.1 Å². The van der Waals surface area contributed by atoms with Crippen LogP contribution in [0.4, 0.5) is 0 Å². The molecule has 0 atom stereocenters. The Morgan fingerprint density at radius 2 is 1.83 bits per heavy atom. The summed E-state index contributed by atoms with van der Waals surface area (Å²) in [5.41, 5.74) is 1.87. The van der Waals surface area contributed by atoms with Gasteiger partial charge in [-0.05, 0) is 42.2 Å². The molecule has 0 aliphatic heterocycles. The molecule has 0 fully saturated rings. The summed E-state index contributed by atoms with van der Waals surface area (Å²) in [5, 5.41) is 10.3. The Bertz CT molecular complexity index is 802. The normalized spacial score (nSPS) is 10.7. The van der Waals surface area contributed by atoms with E-state index in [1.54, 1.807) is 18.9 Å². The zero-order valence-corrected chi connectivity index (χ0v) is 14.4. The van der Waals surface area contributed by atoms with E-state index in [4.69, 9.17) is 16.3 Å². The molecule has 4 nitrogen and oxygen atoms in total. The molecule has 0 N–H and O–H groups in total. The Balaban J connectivity index is 2.20. The summed E-state index contributed by atoms with van der Waals surface area (Å²) in [4.78, 5) is 0. The first-order valence-corrected chi connectivity index (χ1v) is 8.58. The van der Waals surface area contributed by atoms with Gasteiger partial charge in [0.05, 0.1) is 12.7 Å². The Labute approximate surface area is 144 Å². The molecular weight excluding hydrogens is 330 g/mol. The molecule has 3 aromatic rings. The Hall–Kier alpha value is -1.98. The van der Waals surface area contributed by atoms with Crippen molar-refractivity contribution in [3.8, 4) is 22.8 Å². The van der Waals surface area contributed by atoms with Gasteiger partial charge in [-0.3, -0.25) is 4.57 Å². The molecule has 0 aliphatic carbocycles. The zero-order chi connectivity index (χ0) is 16.2. The van der Waals surface area contributed by atoms with Crippen LogP contribution in [-0.4, -0.2) is 27.6 Å². The van der Waals surface area contributed by atoms with Crippen LogP contribution in [0.5, 0.6) is 5.75 Å². The van der Waals surface area contributed by atoms with Crippen LogP contribution in [0.15, 0.2) is 53.7 Å². The van der Waals surface area contributed by atoms with Crippen molar-refractivity contribution in [2.24, 2.45) is 0 Å². The number of hydrogen-bond acceptors (Lipinski definition) is 4. The predicted octanol–water partition coefficient (Wildman–Crippen LogP) is 4.71. The minimum absolute atomic E-state index is 0.699. The summed E-state index contributed by atoms with van der Waals surface area (Å²) < 4.78 is 7.50. The van der Waals surface area contributed by atoms with Gasteiger partial charge in [0, 0.05) is 10.7 Å². The molecule has 0 saturated heterocycles. The van der Waals surface area contributed by atoms with Gasteiger partial charge < -0.3 is 4.74 Å². The van der Waals surface area contributed by atoms with E-state index in [0.29, 0.717) is 5.02 Å². The van der Waals surface area contributed by atoms with Crippen LogP contribution in [0.1, 0.15) is 6.92 Å². The highest BCUT2D eigenvalue weighted by molar-refractivity contribution is 7.99. The largest absolute Gasteiger partial charge is 0.496 e. The van der Waals surface area contributed by atoms with Gasteiger partial charge in [-0.15, -0.1) is 10.2 Å². The van der Waals surface area contributed by atoms with Crippen molar-refractivity contribution in [2.75, 3.05) is 12.9 Å². The van der Waals surface area contributed by atoms with E-state index in [0.717, 1.165) is 33.7 Å². The number of methoxy groups -OCH3 is 1. The van der Waals surface area contributed by atoms with E-state index < -0.39 is 0 Å². The molecular formula is C17H16ClN3OS. The maximum atomic E-state index is 6.01. The SMILES string of the molecule is CCSc1nnc(-c2ccccc2OC)n1-c1ccc(Cl)cc1. The number of thioether (sulfide) groups is 1. The molecule has 1 heterocycles. The standard InChI is InChI=1S/C17H16ClN3OS/c1-3-23-17-20-19-16(14-6-4-5-7-15(14)22-2)21(17)13-10-8-12(18)9-11-13/h4-11H,3H2,1-2H3. The highest BCUT2D eigenvalue weighted by atomic mass is 35.5. The lowest BCUT2D eigenvalue weighted by Crippen LogP contribution is -2.00. The van der Waals surface area contributed by atoms with Crippen molar-refractivity contribution in [2.45, 2.75) is 12.1 Å². The number of halogens is 1. The van der Waals surface area contributed by atoms with Gasteiger partial charge in [-0.25, -0.2) is 0 Å². The molecule has 2 aromatic carbocycles. The fourth-order valence-electron chi connectivity index (χ4n) is 2.32. The quantitative estimate of drug-likeness (QED) is 0.628. The molecule has 3 rings (SSSR count). The van der Waals surface area contributed by atoms with Crippen molar-refractivity contribution in [3.63, 3.8) is 0 Å². The van der Waals surface area contributed by atoms with E-state index >= 15 is 0 Å². The lowest BCUT2D eigenvalue weighted by atomic mass is 10.2. The summed E-state index contributed by atoms with van der Waals surface area (Å²) in [6, 6.07) is 15.5. The summed E-state index contributed by atoms with van der Waals surface area (Å²) >= 11 is 7.66. The molecule has 6 heteroatoms. The van der Waals surface area contributed by atoms with Crippen LogP contribution in [0.2, 0.25) is 5.02 Å². The first kappa shape index (κ1) is 15.9. The fraction of sp³-hybridized carbons (Fsp3) is 0.176. The molecule has 23 heavy (non-hydrogen) atoms. The molecule has 118 valence electrons. The maximum Gasteiger partial charge on any atom is 0.196 e. The van der Waals surface area contributed by atoms with Crippen LogP contribution >= 0.6 is 23.4 Å². The number of ether oxygens (including phenoxy) is 1. The van der Waals surface area contributed by atoms with Crippen LogP contribution < -0.4 is 4.74 Å². The monoisotopic (exact) mass is 345 g/mol. The molecule has 0 bridgehead atoms. The molecule has 0 spiro atoms. The van der Waals surface area contributed by atoms with Gasteiger partial charge in [-0.1, -0.05) is 42.4 Å². The maximum absolute atomic E-state index is 6.01. The van der Waals surface area contributed by atoms with Gasteiger partial charge >= 0.3 is 0 Å². The minimum atomic E-state index is 0.699. The van der Waals surface area contributed by atoms with Gasteiger partial charge in [0.15, 0.2) is 11.0 Å². The molecule has 0 radical (unpaired) electrons. The van der Waals surface area contributed by atoms with E-state index in [9.17, 15) is 0 Å². The van der Waals surface area contributed by atoms with Crippen molar-refractivity contribution >= 4 is 23.4 Å². The number of rotatable bonds is 5. The molecule has 0 saturated carbocycles. The van der Waals surface area contributed by atoms with E-state index in [1.165, 1.54) is 0 Å². The van der Waals surface area contributed by atoms with E-state index in [2.05, 4.69) is 17.1 Å². The summed E-state index contributed by atoms with van der Waals surface area (Å²) in [5.74, 6) is 2.43. The first-order valence-electron chi connectivity index (χ1n) is 7.22. The second-order valence-electron chi connectivity index (χ2n) is 4.75. The van der Waals surface area contributed by atoms with Crippen molar-refractivity contribution < 1.29 is 4.74 Å². The average molecular weight is 346 g/mol. The highest BCUT2D eigenvalue weighted by Gasteiger charge is 2.18. The number of aromatic nitrogens is 3. The summed E-state index contributed by atoms with van der Waals surface area (Å²) in [7, 11) is 1.66. The second kappa shape index (κ2) is 7.06. The lowest BCUT2D eigenvalue weighted by molar-refractivity contribution is 0.416. The average Bonchev–Trinajstić information content (AvgIpc) is 2.99. The predicted molar refractivity (Wildman–Crippen MR) is 94.8 cm³/mol. The minimum Gasteiger partial charge on any atom is -0.496 e. The topological polar surface area (TPSA) is 39.9 Å². The first-order chi connectivity index (χ1) is 11.2. The van der Waals surface area contributed by atoms with Crippen molar-refractivity contribution in [1.29, 1.82) is 0 Å². The lowest BCUT2D eigenvalue weighted by Gasteiger charge is -2.12. The molecule has 0 aliphatic rings. The third-order valence-corrected chi connectivity index (χ3v) is 4.40.